The van der Waals surface area contributed by atoms with Crippen LogP contribution >= 0.6 is 0 Å². The molecule has 2 rings (SSSR count). The Hall–Kier alpha value is -1.75. The first kappa shape index (κ1) is 14.7. The van der Waals surface area contributed by atoms with Gasteiger partial charge in [-0.3, -0.25) is 4.79 Å². The fourth-order valence-corrected chi connectivity index (χ4v) is 2.77. The SMILES string of the molecule is CNC(=O)c1cc(N)ccc1N1CCC(N(C)C)CC1. The number of hydrogen-bond acceptors (Lipinski definition) is 4. The average molecular weight is 276 g/mol. The third-order valence-corrected chi connectivity index (χ3v) is 4.03. The van der Waals surface area contributed by atoms with Gasteiger partial charge in [0, 0.05) is 37.6 Å². The zero-order valence-electron chi connectivity index (χ0n) is 12.5. The molecule has 1 amide bonds. The van der Waals surface area contributed by atoms with E-state index in [2.05, 4.69) is 29.2 Å². The number of piperidine rings is 1. The van der Waals surface area contributed by atoms with Crippen LogP contribution < -0.4 is 16.0 Å². The van der Waals surface area contributed by atoms with E-state index >= 15 is 0 Å². The number of hydrogen-bond donors (Lipinski definition) is 2. The fourth-order valence-electron chi connectivity index (χ4n) is 2.77. The molecule has 20 heavy (non-hydrogen) atoms. The molecule has 5 nitrogen and oxygen atoms in total. The van der Waals surface area contributed by atoms with Crippen LogP contribution in [0, 0.1) is 0 Å². The molecular formula is C15H24N4O. The minimum Gasteiger partial charge on any atom is -0.399 e. The Balaban J connectivity index is 2.19. The van der Waals surface area contributed by atoms with Gasteiger partial charge in [-0.25, -0.2) is 0 Å². The number of rotatable bonds is 3. The van der Waals surface area contributed by atoms with Crippen molar-refractivity contribution >= 4 is 17.3 Å². The Bertz CT molecular complexity index is 479. The summed E-state index contributed by atoms with van der Waals surface area (Å²) in [5.41, 5.74) is 8.07. The van der Waals surface area contributed by atoms with Gasteiger partial charge in [0.25, 0.3) is 5.91 Å². The monoisotopic (exact) mass is 276 g/mol. The van der Waals surface area contributed by atoms with Gasteiger partial charge >= 0.3 is 0 Å². The van der Waals surface area contributed by atoms with Crippen molar-refractivity contribution in [2.45, 2.75) is 18.9 Å². The summed E-state index contributed by atoms with van der Waals surface area (Å²) in [4.78, 5) is 16.6. The van der Waals surface area contributed by atoms with Crippen LogP contribution in [0.4, 0.5) is 11.4 Å². The van der Waals surface area contributed by atoms with E-state index in [0.29, 0.717) is 17.3 Å². The number of benzene rings is 1. The Kier molecular flexibility index (Phi) is 4.49. The molecule has 0 aliphatic carbocycles. The summed E-state index contributed by atoms with van der Waals surface area (Å²) < 4.78 is 0. The third-order valence-electron chi connectivity index (χ3n) is 4.03. The highest BCUT2D eigenvalue weighted by atomic mass is 16.1. The molecule has 0 radical (unpaired) electrons. The normalized spacial score (nSPS) is 16.5. The van der Waals surface area contributed by atoms with Gasteiger partial charge in [0.15, 0.2) is 0 Å². The van der Waals surface area contributed by atoms with Gasteiger partial charge in [0.1, 0.15) is 0 Å². The van der Waals surface area contributed by atoms with Crippen LogP contribution in [0.15, 0.2) is 18.2 Å². The molecule has 0 unspecified atom stereocenters. The fraction of sp³-hybridized carbons (Fsp3) is 0.533. The van der Waals surface area contributed by atoms with E-state index < -0.39 is 0 Å². The highest BCUT2D eigenvalue weighted by Crippen LogP contribution is 2.27. The second-order valence-electron chi connectivity index (χ2n) is 5.54. The molecule has 0 spiro atoms. The third kappa shape index (κ3) is 3.04. The first-order valence-electron chi connectivity index (χ1n) is 7.06. The molecule has 110 valence electrons. The van der Waals surface area contributed by atoms with Crippen LogP contribution in [0.5, 0.6) is 0 Å². The van der Waals surface area contributed by atoms with Crippen LogP contribution in [0.3, 0.4) is 0 Å². The summed E-state index contributed by atoms with van der Waals surface area (Å²) >= 11 is 0. The molecule has 1 aromatic rings. The highest BCUT2D eigenvalue weighted by molar-refractivity contribution is 6.00. The van der Waals surface area contributed by atoms with E-state index in [-0.39, 0.29) is 5.91 Å². The summed E-state index contributed by atoms with van der Waals surface area (Å²) in [6.45, 7) is 1.94. The highest BCUT2D eigenvalue weighted by Gasteiger charge is 2.23. The van der Waals surface area contributed by atoms with E-state index in [1.165, 1.54) is 0 Å². The smallest absolute Gasteiger partial charge is 0.253 e. The second-order valence-corrected chi connectivity index (χ2v) is 5.54. The lowest BCUT2D eigenvalue weighted by Gasteiger charge is -2.37. The number of carbonyl (C=O) groups excluding carboxylic acids is 1. The number of nitrogens with zero attached hydrogens (tertiary/aromatic N) is 2. The lowest BCUT2D eigenvalue weighted by atomic mass is 10.0. The summed E-state index contributed by atoms with van der Waals surface area (Å²) in [7, 11) is 5.90. The second kappa shape index (κ2) is 6.13. The lowest BCUT2D eigenvalue weighted by Crippen LogP contribution is -2.42. The van der Waals surface area contributed by atoms with E-state index in [9.17, 15) is 4.79 Å². The van der Waals surface area contributed by atoms with E-state index in [1.807, 2.05) is 12.1 Å². The zero-order chi connectivity index (χ0) is 14.7. The number of anilines is 2. The van der Waals surface area contributed by atoms with Crippen LogP contribution in [0.25, 0.3) is 0 Å². The first-order chi connectivity index (χ1) is 9.52. The molecule has 1 heterocycles. The van der Waals surface area contributed by atoms with Crippen molar-refractivity contribution in [2.75, 3.05) is 44.9 Å². The Morgan fingerprint density at radius 3 is 2.55 bits per heavy atom. The summed E-state index contributed by atoms with van der Waals surface area (Å²) in [6.07, 6.45) is 2.23. The van der Waals surface area contributed by atoms with Crippen molar-refractivity contribution in [2.24, 2.45) is 0 Å². The van der Waals surface area contributed by atoms with Gasteiger partial charge in [-0.05, 0) is 45.1 Å². The van der Waals surface area contributed by atoms with E-state index in [1.54, 1.807) is 13.1 Å². The van der Waals surface area contributed by atoms with Crippen LogP contribution in [-0.2, 0) is 0 Å². The minimum absolute atomic E-state index is 0.0815. The molecule has 3 N–H and O–H groups in total. The average Bonchev–Trinajstić information content (AvgIpc) is 2.46. The maximum Gasteiger partial charge on any atom is 0.253 e. The largest absolute Gasteiger partial charge is 0.399 e. The number of carbonyl (C=O) groups is 1. The summed E-state index contributed by atoms with van der Waals surface area (Å²) in [5, 5.41) is 2.69. The van der Waals surface area contributed by atoms with Gasteiger partial charge < -0.3 is 20.9 Å². The molecule has 5 heteroatoms. The Morgan fingerprint density at radius 1 is 1.35 bits per heavy atom. The number of nitrogens with two attached hydrogens (primary N) is 1. The van der Waals surface area contributed by atoms with Crippen molar-refractivity contribution < 1.29 is 4.79 Å². The van der Waals surface area contributed by atoms with Crippen LogP contribution in [0.1, 0.15) is 23.2 Å². The quantitative estimate of drug-likeness (QED) is 0.813. The molecule has 0 bridgehead atoms. The maximum absolute atomic E-state index is 12.0. The molecule has 1 aliphatic heterocycles. The minimum atomic E-state index is -0.0815. The van der Waals surface area contributed by atoms with Crippen molar-refractivity contribution in [1.82, 2.24) is 10.2 Å². The van der Waals surface area contributed by atoms with Gasteiger partial charge in [-0.15, -0.1) is 0 Å². The zero-order valence-corrected chi connectivity index (χ0v) is 12.5. The Labute approximate surface area is 120 Å². The Morgan fingerprint density at radius 2 is 2.00 bits per heavy atom. The predicted molar refractivity (Wildman–Crippen MR) is 83.2 cm³/mol. The molecule has 0 aromatic heterocycles. The van der Waals surface area contributed by atoms with Gasteiger partial charge in [0.2, 0.25) is 0 Å². The van der Waals surface area contributed by atoms with Crippen molar-refractivity contribution in [3.8, 4) is 0 Å². The molecular weight excluding hydrogens is 252 g/mol. The number of nitrogens with one attached hydrogen (secondary N) is 1. The summed E-state index contributed by atoms with van der Waals surface area (Å²) in [6, 6.07) is 6.20. The molecule has 1 fully saturated rings. The molecule has 1 aliphatic rings. The van der Waals surface area contributed by atoms with Crippen molar-refractivity contribution in [1.29, 1.82) is 0 Å². The van der Waals surface area contributed by atoms with Crippen molar-refractivity contribution in [3.05, 3.63) is 23.8 Å². The lowest BCUT2D eigenvalue weighted by molar-refractivity contribution is 0.0963. The first-order valence-corrected chi connectivity index (χ1v) is 7.06. The molecule has 1 saturated heterocycles. The number of amides is 1. The van der Waals surface area contributed by atoms with Crippen molar-refractivity contribution in [3.63, 3.8) is 0 Å². The maximum atomic E-state index is 12.0. The summed E-state index contributed by atoms with van der Waals surface area (Å²) in [5.74, 6) is -0.0815. The standard InChI is InChI=1S/C15H24N4O/c1-17-15(20)13-10-11(16)4-5-14(13)19-8-6-12(7-9-19)18(2)3/h4-5,10,12H,6-9,16H2,1-3H3,(H,17,20). The van der Waals surface area contributed by atoms with Gasteiger partial charge in [0.05, 0.1) is 5.56 Å². The predicted octanol–water partition coefficient (Wildman–Crippen LogP) is 1.16. The topological polar surface area (TPSA) is 61.6 Å². The van der Waals surface area contributed by atoms with Crippen LogP contribution in [0.2, 0.25) is 0 Å². The molecule has 0 saturated carbocycles. The van der Waals surface area contributed by atoms with Gasteiger partial charge in [-0.1, -0.05) is 0 Å². The number of nitrogen functional groups attached to an aromatic ring is 1. The van der Waals surface area contributed by atoms with Crippen LogP contribution in [-0.4, -0.2) is 51.1 Å². The van der Waals surface area contributed by atoms with Gasteiger partial charge in [-0.2, -0.15) is 0 Å². The van der Waals surface area contributed by atoms with E-state index in [0.717, 1.165) is 31.6 Å². The van der Waals surface area contributed by atoms with E-state index in [4.69, 9.17) is 5.73 Å². The molecule has 0 atom stereocenters. The molecule has 1 aromatic carbocycles.